The van der Waals surface area contributed by atoms with Crippen LogP contribution in [-0.4, -0.2) is 49.6 Å². The van der Waals surface area contributed by atoms with Crippen LogP contribution in [0.1, 0.15) is 12.5 Å². The second kappa shape index (κ2) is 8.74. The molecule has 0 aromatic heterocycles. The summed E-state index contributed by atoms with van der Waals surface area (Å²) in [5.41, 5.74) is 1.85. The van der Waals surface area contributed by atoms with Gasteiger partial charge in [0.05, 0.1) is 7.05 Å². The monoisotopic (exact) mass is 397 g/mol. The number of imide groups is 1. The maximum Gasteiger partial charge on any atom is 0.344 e. The van der Waals surface area contributed by atoms with E-state index >= 15 is 0 Å². The summed E-state index contributed by atoms with van der Waals surface area (Å²) in [5.74, 6) is -0.181. The lowest BCUT2D eigenvalue weighted by atomic mass is 9.92. The molecule has 0 spiro atoms. The van der Waals surface area contributed by atoms with Crippen molar-refractivity contribution in [2.24, 2.45) is 0 Å². The molecular formula is C21H25N4O4+. The standard InChI is InChI=1S/C21H24N4O4/c1-21(16-9-5-3-6-10-16)19(27)25(20(28)22-21)23-18(26)15-24(2)13-14-29-17-11-7-4-8-12-17/h3-12H,13-15H2,1-2H3,(H,22,28)(H,23,26)/p+1/t21-/m0/s1. The van der Waals surface area contributed by atoms with Gasteiger partial charge in [0.25, 0.3) is 11.8 Å². The number of urea groups is 1. The Balaban J connectivity index is 1.51. The van der Waals surface area contributed by atoms with Gasteiger partial charge in [-0.05, 0) is 24.6 Å². The molecule has 0 aliphatic carbocycles. The van der Waals surface area contributed by atoms with E-state index in [4.69, 9.17) is 4.74 Å². The Kier molecular flexibility index (Phi) is 6.13. The van der Waals surface area contributed by atoms with E-state index in [9.17, 15) is 14.4 Å². The first-order valence-corrected chi connectivity index (χ1v) is 9.41. The summed E-state index contributed by atoms with van der Waals surface area (Å²) < 4.78 is 5.62. The van der Waals surface area contributed by atoms with Crippen LogP contribution in [0.4, 0.5) is 4.79 Å². The highest BCUT2D eigenvalue weighted by Crippen LogP contribution is 2.27. The van der Waals surface area contributed by atoms with Crippen molar-refractivity contribution >= 4 is 17.8 Å². The second-order valence-corrected chi connectivity index (χ2v) is 7.14. The fraction of sp³-hybridized carbons (Fsp3) is 0.286. The fourth-order valence-electron chi connectivity index (χ4n) is 3.09. The molecule has 1 aliphatic heterocycles. The number of carbonyl (C=O) groups excluding carboxylic acids is 3. The molecule has 1 heterocycles. The third-order valence-corrected chi connectivity index (χ3v) is 4.78. The van der Waals surface area contributed by atoms with Gasteiger partial charge in [-0.25, -0.2) is 4.79 Å². The molecule has 1 saturated heterocycles. The summed E-state index contributed by atoms with van der Waals surface area (Å²) in [6.45, 7) is 2.74. The summed E-state index contributed by atoms with van der Waals surface area (Å²) in [5, 5.41) is 3.41. The first-order valence-electron chi connectivity index (χ1n) is 9.41. The minimum Gasteiger partial charge on any atom is -0.488 e. The molecule has 2 aromatic rings. The molecule has 0 radical (unpaired) electrons. The molecular weight excluding hydrogens is 372 g/mol. The molecule has 2 atom stereocenters. The zero-order chi connectivity index (χ0) is 20.9. The number of hydrogen-bond acceptors (Lipinski definition) is 4. The number of para-hydroxylation sites is 1. The lowest BCUT2D eigenvalue weighted by Crippen LogP contribution is -3.11. The summed E-state index contributed by atoms with van der Waals surface area (Å²) in [6.07, 6.45) is 0. The van der Waals surface area contributed by atoms with Crippen molar-refractivity contribution in [2.45, 2.75) is 12.5 Å². The summed E-state index contributed by atoms with van der Waals surface area (Å²) in [4.78, 5) is 38.3. The molecule has 8 heteroatoms. The number of benzene rings is 2. The van der Waals surface area contributed by atoms with Crippen LogP contribution in [0.15, 0.2) is 60.7 Å². The zero-order valence-corrected chi connectivity index (χ0v) is 16.5. The van der Waals surface area contributed by atoms with Crippen molar-refractivity contribution < 1.29 is 24.0 Å². The first-order chi connectivity index (χ1) is 13.9. The summed E-state index contributed by atoms with van der Waals surface area (Å²) >= 11 is 0. The van der Waals surface area contributed by atoms with Gasteiger partial charge in [0, 0.05) is 0 Å². The molecule has 4 amide bonds. The molecule has 3 N–H and O–H groups in total. The third-order valence-electron chi connectivity index (χ3n) is 4.78. The van der Waals surface area contributed by atoms with E-state index in [1.807, 2.05) is 43.4 Å². The largest absolute Gasteiger partial charge is 0.488 e. The summed E-state index contributed by atoms with van der Waals surface area (Å²) in [7, 11) is 1.84. The summed E-state index contributed by atoms with van der Waals surface area (Å²) in [6, 6.07) is 17.7. The number of amides is 4. The van der Waals surface area contributed by atoms with Gasteiger partial charge in [-0.3, -0.25) is 15.0 Å². The van der Waals surface area contributed by atoms with Gasteiger partial charge in [-0.15, -0.1) is 0 Å². The second-order valence-electron chi connectivity index (χ2n) is 7.14. The average molecular weight is 397 g/mol. The van der Waals surface area contributed by atoms with Gasteiger partial charge in [0.2, 0.25) is 0 Å². The molecule has 8 nitrogen and oxygen atoms in total. The van der Waals surface area contributed by atoms with Crippen LogP contribution >= 0.6 is 0 Å². The molecule has 29 heavy (non-hydrogen) atoms. The lowest BCUT2D eigenvalue weighted by Gasteiger charge is -2.22. The van der Waals surface area contributed by atoms with Gasteiger partial charge in [0.15, 0.2) is 6.54 Å². The zero-order valence-electron chi connectivity index (χ0n) is 16.5. The number of quaternary nitrogens is 1. The van der Waals surface area contributed by atoms with Crippen molar-refractivity contribution in [3.05, 3.63) is 66.2 Å². The minimum atomic E-state index is -1.21. The quantitative estimate of drug-likeness (QED) is 0.550. The number of ether oxygens (including phenoxy) is 1. The lowest BCUT2D eigenvalue weighted by molar-refractivity contribution is -0.871. The van der Waals surface area contributed by atoms with E-state index in [1.165, 1.54) is 0 Å². The van der Waals surface area contributed by atoms with Gasteiger partial charge < -0.3 is 15.0 Å². The maximum atomic E-state index is 12.8. The van der Waals surface area contributed by atoms with E-state index < -0.39 is 23.4 Å². The first kappa shape index (κ1) is 20.3. The molecule has 1 fully saturated rings. The van der Waals surface area contributed by atoms with Crippen molar-refractivity contribution in [3.63, 3.8) is 0 Å². The van der Waals surface area contributed by atoms with Crippen molar-refractivity contribution in [3.8, 4) is 5.75 Å². The highest BCUT2D eigenvalue weighted by atomic mass is 16.5. The van der Waals surface area contributed by atoms with E-state index in [0.29, 0.717) is 18.7 Å². The molecule has 0 bridgehead atoms. The fourth-order valence-corrected chi connectivity index (χ4v) is 3.09. The van der Waals surface area contributed by atoms with Crippen molar-refractivity contribution in [1.82, 2.24) is 15.8 Å². The predicted octanol–water partition coefficient (Wildman–Crippen LogP) is 0.0785. The molecule has 2 aromatic carbocycles. The van der Waals surface area contributed by atoms with Crippen LogP contribution < -0.4 is 20.4 Å². The van der Waals surface area contributed by atoms with E-state index in [2.05, 4.69) is 10.7 Å². The molecule has 3 rings (SSSR count). The topological polar surface area (TPSA) is 92.2 Å². The molecule has 0 saturated carbocycles. The Hall–Kier alpha value is -3.39. The number of hydrogen-bond donors (Lipinski definition) is 3. The van der Waals surface area contributed by atoms with Gasteiger partial charge in [-0.2, -0.15) is 5.01 Å². The van der Waals surface area contributed by atoms with E-state index in [-0.39, 0.29) is 6.54 Å². The molecule has 152 valence electrons. The Morgan fingerprint density at radius 2 is 1.72 bits per heavy atom. The Morgan fingerprint density at radius 3 is 2.38 bits per heavy atom. The Bertz CT molecular complexity index is 875. The van der Waals surface area contributed by atoms with Crippen LogP contribution in [0, 0.1) is 0 Å². The highest BCUT2D eigenvalue weighted by Gasteiger charge is 2.50. The van der Waals surface area contributed by atoms with Gasteiger partial charge in [0.1, 0.15) is 24.4 Å². The smallest absolute Gasteiger partial charge is 0.344 e. The van der Waals surface area contributed by atoms with Crippen molar-refractivity contribution in [1.29, 1.82) is 0 Å². The minimum absolute atomic E-state index is 0.0945. The Labute approximate surface area is 169 Å². The third kappa shape index (κ3) is 4.72. The van der Waals surface area contributed by atoms with E-state index in [0.717, 1.165) is 15.7 Å². The Morgan fingerprint density at radius 1 is 1.10 bits per heavy atom. The van der Waals surface area contributed by atoms with Gasteiger partial charge in [-0.1, -0.05) is 48.5 Å². The normalized spacial score (nSPS) is 19.6. The SMILES string of the molecule is C[NH+](CCOc1ccccc1)CC(=O)NN1C(=O)N[C@@](C)(c2ccccc2)C1=O. The number of rotatable bonds is 8. The number of likely N-dealkylation sites (N-methyl/N-ethyl adjacent to an activating group) is 1. The van der Waals surface area contributed by atoms with Crippen LogP contribution in [0.25, 0.3) is 0 Å². The van der Waals surface area contributed by atoms with Crippen LogP contribution in [0.2, 0.25) is 0 Å². The number of nitrogens with zero attached hydrogens (tertiary/aromatic N) is 1. The maximum absolute atomic E-state index is 12.8. The van der Waals surface area contributed by atoms with E-state index in [1.54, 1.807) is 31.2 Å². The number of hydrazine groups is 1. The van der Waals surface area contributed by atoms with Crippen LogP contribution in [0.3, 0.4) is 0 Å². The van der Waals surface area contributed by atoms with Crippen molar-refractivity contribution in [2.75, 3.05) is 26.7 Å². The number of nitrogens with one attached hydrogen (secondary N) is 3. The number of carbonyl (C=O) groups is 3. The molecule has 1 unspecified atom stereocenters. The van der Waals surface area contributed by atoms with Crippen LogP contribution in [-0.2, 0) is 15.1 Å². The van der Waals surface area contributed by atoms with Crippen LogP contribution in [0.5, 0.6) is 5.75 Å². The molecule has 1 aliphatic rings. The highest BCUT2D eigenvalue weighted by molar-refractivity contribution is 6.08. The predicted molar refractivity (Wildman–Crippen MR) is 106 cm³/mol. The van der Waals surface area contributed by atoms with Gasteiger partial charge >= 0.3 is 6.03 Å². The average Bonchev–Trinajstić information content (AvgIpc) is 2.93.